The molecule has 0 amide bonds. The van der Waals surface area contributed by atoms with Gasteiger partial charge in [0.05, 0.1) is 17.7 Å². The standard InChI is InChI=1S/C11H7F2N3O4/c12-7-2-1-6(3-8(7)13)4-15-5-9(16(19)20)10(17)14-11(15)18/h1-3,5H,4H2,(H,14,17,18). The molecule has 2 aromatic rings. The first-order valence-corrected chi connectivity index (χ1v) is 5.30. The molecule has 1 heterocycles. The fourth-order valence-electron chi connectivity index (χ4n) is 1.58. The third-order valence-electron chi connectivity index (χ3n) is 2.53. The van der Waals surface area contributed by atoms with Crippen molar-refractivity contribution in [3.8, 4) is 0 Å². The number of hydrogen-bond donors (Lipinski definition) is 1. The number of benzene rings is 1. The van der Waals surface area contributed by atoms with Crippen molar-refractivity contribution in [3.05, 3.63) is 72.5 Å². The third-order valence-corrected chi connectivity index (χ3v) is 2.53. The maximum atomic E-state index is 13.0. The topological polar surface area (TPSA) is 98.0 Å². The van der Waals surface area contributed by atoms with Crippen LogP contribution in [0.2, 0.25) is 0 Å². The summed E-state index contributed by atoms with van der Waals surface area (Å²) in [6.07, 6.45) is 0.752. The van der Waals surface area contributed by atoms with Crippen LogP contribution in [0.4, 0.5) is 14.5 Å². The summed E-state index contributed by atoms with van der Waals surface area (Å²) in [4.78, 5) is 34.1. The zero-order chi connectivity index (χ0) is 14.9. The minimum Gasteiger partial charge on any atom is -0.289 e. The van der Waals surface area contributed by atoms with Crippen LogP contribution in [0.1, 0.15) is 5.56 Å². The first-order valence-electron chi connectivity index (χ1n) is 5.30. The highest BCUT2D eigenvalue weighted by molar-refractivity contribution is 5.23. The SMILES string of the molecule is O=c1[nH]c(=O)n(Cc2ccc(F)c(F)c2)cc1[N+](=O)[O-]. The van der Waals surface area contributed by atoms with E-state index in [1.54, 1.807) is 4.98 Å². The van der Waals surface area contributed by atoms with Gasteiger partial charge in [0.1, 0.15) is 0 Å². The molecule has 0 radical (unpaired) electrons. The lowest BCUT2D eigenvalue weighted by atomic mass is 10.2. The van der Waals surface area contributed by atoms with Crippen LogP contribution in [0.25, 0.3) is 0 Å². The van der Waals surface area contributed by atoms with Gasteiger partial charge in [0.15, 0.2) is 11.6 Å². The first-order chi connectivity index (χ1) is 9.38. The maximum Gasteiger partial charge on any atom is 0.350 e. The fourth-order valence-corrected chi connectivity index (χ4v) is 1.58. The van der Waals surface area contributed by atoms with Gasteiger partial charge in [-0.15, -0.1) is 0 Å². The summed E-state index contributed by atoms with van der Waals surface area (Å²) in [6.45, 7) is -0.242. The zero-order valence-electron chi connectivity index (χ0n) is 9.80. The molecule has 1 N–H and O–H groups in total. The van der Waals surface area contributed by atoms with Gasteiger partial charge >= 0.3 is 16.9 Å². The number of halogens is 2. The van der Waals surface area contributed by atoms with Crippen LogP contribution in [0, 0.1) is 21.7 Å². The van der Waals surface area contributed by atoms with Gasteiger partial charge in [0.25, 0.3) is 0 Å². The average molecular weight is 283 g/mol. The second kappa shape index (κ2) is 5.03. The van der Waals surface area contributed by atoms with Gasteiger partial charge < -0.3 is 0 Å². The molecule has 0 atom stereocenters. The van der Waals surface area contributed by atoms with E-state index in [1.165, 1.54) is 6.07 Å². The Balaban J connectivity index is 2.45. The van der Waals surface area contributed by atoms with Crippen molar-refractivity contribution >= 4 is 5.69 Å². The smallest absolute Gasteiger partial charge is 0.289 e. The summed E-state index contributed by atoms with van der Waals surface area (Å²) in [5, 5.41) is 10.6. The molecule has 0 aliphatic carbocycles. The summed E-state index contributed by atoms with van der Waals surface area (Å²) in [7, 11) is 0. The van der Waals surface area contributed by atoms with Crippen molar-refractivity contribution in [2.45, 2.75) is 6.54 Å². The molecule has 9 heteroatoms. The van der Waals surface area contributed by atoms with Gasteiger partial charge in [-0.25, -0.2) is 13.6 Å². The molecule has 1 aromatic heterocycles. The Labute approximate surface area is 109 Å². The molecule has 7 nitrogen and oxygen atoms in total. The Kier molecular flexibility index (Phi) is 3.42. The minimum absolute atomic E-state index is 0.215. The predicted octanol–water partition coefficient (Wildman–Crippen LogP) is 0.771. The van der Waals surface area contributed by atoms with Gasteiger partial charge in [-0.2, -0.15) is 0 Å². The molecule has 0 aliphatic heterocycles. The van der Waals surface area contributed by atoms with E-state index < -0.39 is 33.5 Å². The number of rotatable bonds is 3. The lowest BCUT2D eigenvalue weighted by Gasteiger charge is -2.05. The molecule has 0 unspecified atom stereocenters. The number of aromatic nitrogens is 2. The summed E-state index contributed by atoms with van der Waals surface area (Å²) in [5.41, 5.74) is -2.61. The summed E-state index contributed by atoms with van der Waals surface area (Å²) >= 11 is 0. The molecule has 2 rings (SSSR count). The molecule has 20 heavy (non-hydrogen) atoms. The van der Waals surface area contributed by atoms with E-state index in [1.807, 2.05) is 0 Å². The number of nitrogens with zero attached hydrogens (tertiary/aromatic N) is 2. The van der Waals surface area contributed by atoms with Crippen LogP contribution in [0.5, 0.6) is 0 Å². The van der Waals surface area contributed by atoms with Crippen LogP contribution in [0.15, 0.2) is 34.0 Å². The second-order valence-electron chi connectivity index (χ2n) is 3.91. The van der Waals surface area contributed by atoms with Crippen LogP contribution in [-0.2, 0) is 6.54 Å². The molecular weight excluding hydrogens is 276 g/mol. The summed E-state index contributed by atoms with van der Waals surface area (Å²) in [6, 6.07) is 2.95. The number of H-pyrrole nitrogens is 1. The molecule has 0 saturated carbocycles. The summed E-state index contributed by atoms with van der Waals surface area (Å²) in [5.74, 6) is -2.15. The predicted molar refractivity (Wildman–Crippen MR) is 63.4 cm³/mol. The van der Waals surface area contributed by atoms with Crippen LogP contribution in [0.3, 0.4) is 0 Å². The number of hydrogen-bond acceptors (Lipinski definition) is 4. The van der Waals surface area contributed by atoms with Crippen LogP contribution < -0.4 is 11.2 Å². The van der Waals surface area contributed by atoms with E-state index in [-0.39, 0.29) is 12.1 Å². The van der Waals surface area contributed by atoms with Gasteiger partial charge in [-0.3, -0.25) is 24.5 Å². The lowest BCUT2D eigenvalue weighted by Crippen LogP contribution is -2.31. The Morgan fingerprint density at radius 2 is 1.95 bits per heavy atom. The number of aromatic amines is 1. The molecule has 1 aromatic carbocycles. The van der Waals surface area contributed by atoms with E-state index in [0.717, 1.165) is 22.9 Å². The van der Waals surface area contributed by atoms with Gasteiger partial charge in [-0.05, 0) is 17.7 Å². The lowest BCUT2D eigenvalue weighted by molar-refractivity contribution is -0.386. The van der Waals surface area contributed by atoms with Gasteiger partial charge in [0.2, 0.25) is 0 Å². The van der Waals surface area contributed by atoms with Crippen LogP contribution >= 0.6 is 0 Å². The van der Waals surface area contributed by atoms with Crippen LogP contribution in [-0.4, -0.2) is 14.5 Å². The molecular formula is C11H7F2N3O4. The van der Waals surface area contributed by atoms with E-state index >= 15 is 0 Å². The first kappa shape index (κ1) is 13.6. The average Bonchev–Trinajstić information content (AvgIpc) is 2.36. The fraction of sp³-hybridized carbons (Fsp3) is 0.0909. The molecule has 0 bridgehead atoms. The molecule has 104 valence electrons. The van der Waals surface area contributed by atoms with Crippen molar-refractivity contribution in [3.63, 3.8) is 0 Å². The zero-order valence-corrected chi connectivity index (χ0v) is 9.80. The highest BCUT2D eigenvalue weighted by Crippen LogP contribution is 2.10. The molecule has 0 aliphatic rings. The highest BCUT2D eigenvalue weighted by atomic mass is 19.2. The maximum absolute atomic E-state index is 13.0. The number of nitro groups is 1. The normalized spacial score (nSPS) is 10.5. The Bertz CT molecular complexity index is 797. The Hall–Kier alpha value is -2.84. The quantitative estimate of drug-likeness (QED) is 0.664. The Morgan fingerprint density at radius 3 is 2.55 bits per heavy atom. The molecule has 0 spiro atoms. The second-order valence-corrected chi connectivity index (χ2v) is 3.91. The van der Waals surface area contributed by atoms with Crippen molar-refractivity contribution < 1.29 is 13.7 Å². The van der Waals surface area contributed by atoms with Crippen molar-refractivity contribution in [2.75, 3.05) is 0 Å². The minimum atomic E-state index is -1.12. The van der Waals surface area contributed by atoms with E-state index in [9.17, 15) is 28.5 Å². The summed E-state index contributed by atoms with van der Waals surface area (Å²) < 4.78 is 26.6. The van der Waals surface area contributed by atoms with E-state index in [0.29, 0.717) is 0 Å². The highest BCUT2D eigenvalue weighted by Gasteiger charge is 2.15. The van der Waals surface area contributed by atoms with Crippen molar-refractivity contribution in [1.82, 2.24) is 9.55 Å². The van der Waals surface area contributed by atoms with Gasteiger partial charge in [0, 0.05) is 0 Å². The molecule has 0 fully saturated rings. The monoisotopic (exact) mass is 283 g/mol. The van der Waals surface area contributed by atoms with E-state index in [2.05, 4.69) is 0 Å². The van der Waals surface area contributed by atoms with Crippen molar-refractivity contribution in [1.29, 1.82) is 0 Å². The van der Waals surface area contributed by atoms with Crippen molar-refractivity contribution in [2.24, 2.45) is 0 Å². The van der Waals surface area contributed by atoms with E-state index in [4.69, 9.17) is 0 Å². The molecule has 0 saturated heterocycles. The van der Waals surface area contributed by atoms with Gasteiger partial charge in [-0.1, -0.05) is 6.07 Å². The third kappa shape index (κ3) is 2.60. The largest absolute Gasteiger partial charge is 0.350 e. The Morgan fingerprint density at radius 1 is 1.25 bits per heavy atom. The number of nitrogens with one attached hydrogen (secondary N) is 1.